The Balaban J connectivity index is 1.94. The summed E-state index contributed by atoms with van der Waals surface area (Å²) in [7, 11) is 0. The van der Waals surface area contributed by atoms with Crippen molar-refractivity contribution in [3.63, 3.8) is 0 Å². The lowest BCUT2D eigenvalue weighted by molar-refractivity contribution is 0.174. The fourth-order valence-electron chi connectivity index (χ4n) is 1.61. The van der Waals surface area contributed by atoms with Gasteiger partial charge in [-0.3, -0.25) is 4.90 Å². The second-order valence-electron chi connectivity index (χ2n) is 3.53. The Morgan fingerprint density at radius 1 is 1.50 bits per heavy atom. The number of rotatable bonds is 2. The van der Waals surface area contributed by atoms with Gasteiger partial charge in [0.05, 0.1) is 11.8 Å². The zero-order valence-electron chi connectivity index (χ0n) is 7.73. The van der Waals surface area contributed by atoms with Crippen molar-refractivity contribution in [3.05, 3.63) is 23.0 Å². The first kappa shape index (κ1) is 9.83. The number of β-amino-alcohol motifs (C(OH)–C–C–N with tert-alkyl or cyclic N) is 1. The summed E-state index contributed by atoms with van der Waals surface area (Å²) in [5.74, 6) is 0. The first-order valence-corrected chi connectivity index (χ1v) is 5.00. The van der Waals surface area contributed by atoms with Gasteiger partial charge in [-0.25, -0.2) is 0 Å². The van der Waals surface area contributed by atoms with Gasteiger partial charge in [-0.05, 0) is 18.6 Å². The number of likely N-dealkylation sites (tertiary alicyclic amines) is 1. The van der Waals surface area contributed by atoms with Crippen LogP contribution in [0.4, 0.5) is 0 Å². The number of hydrogen-bond donors (Lipinski definition) is 1. The maximum atomic E-state index is 9.32. The van der Waals surface area contributed by atoms with Crippen LogP contribution in [0, 0.1) is 0 Å². The highest BCUT2D eigenvalue weighted by molar-refractivity contribution is 6.29. The molecule has 0 saturated carbocycles. The zero-order valence-corrected chi connectivity index (χ0v) is 8.48. The van der Waals surface area contributed by atoms with Crippen LogP contribution in [0.2, 0.25) is 5.15 Å². The Morgan fingerprint density at radius 2 is 2.36 bits per heavy atom. The van der Waals surface area contributed by atoms with Crippen LogP contribution in [0.25, 0.3) is 0 Å². The van der Waals surface area contributed by atoms with Crippen molar-refractivity contribution < 1.29 is 5.11 Å². The van der Waals surface area contributed by atoms with E-state index in [-0.39, 0.29) is 6.10 Å². The van der Waals surface area contributed by atoms with Crippen molar-refractivity contribution in [2.45, 2.75) is 19.1 Å². The van der Waals surface area contributed by atoms with Crippen LogP contribution in [-0.4, -0.2) is 39.4 Å². The largest absolute Gasteiger partial charge is 0.392 e. The third-order valence-electron chi connectivity index (χ3n) is 2.32. The molecule has 0 amide bonds. The summed E-state index contributed by atoms with van der Waals surface area (Å²) in [6.07, 6.45) is 0.663. The SMILES string of the molecule is O[C@@H]1CCN(Cc2ccc(Cl)nn2)C1. The van der Waals surface area contributed by atoms with Gasteiger partial charge >= 0.3 is 0 Å². The van der Waals surface area contributed by atoms with Crippen molar-refractivity contribution >= 4 is 11.6 Å². The van der Waals surface area contributed by atoms with Crippen LogP contribution < -0.4 is 0 Å². The molecule has 1 saturated heterocycles. The zero-order chi connectivity index (χ0) is 9.97. The molecule has 1 aromatic rings. The van der Waals surface area contributed by atoms with E-state index in [9.17, 15) is 5.11 Å². The molecule has 4 nitrogen and oxygen atoms in total. The molecule has 5 heteroatoms. The molecule has 1 aliphatic heterocycles. The maximum Gasteiger partial charge on any atom is 0.151 e. The average Bonchev–Trinajstić information content (AvgIpc) is 2.56. The van der Waals surface area contributed by atoms with E-state index in [1.165, 1.54) is 0 Å². The van der Waals surface area contributed by atoms with Crippen LogP contribution in [0.1, 0.15) is 12.1 Å². The molecule has 0 bridgehead atoms. The fraction of sp³-hybridized carbons (Fsp3) is 0.556. The second kappa shape index (κ2) is 4.21. The molecule has 76 valence electrons. The Kier molecular flexibility index (Phi) is 2.96. The maximum absolute atomic E-state index is 9.32. The Morgan fingerprint density at radius 3 is 2.93 bits per heavy atom. The third kappa shape index (κ3) is 2.41. The van der Waals surface area contributed by atoms with Gasteiger partial charge in [-0.1, -0.05) is 11.6 Å². The Bertz CT molecular complexity index is 303. The quantitative estimate of drug-likeness (QED) is 0.786. The van der Waals surface area contributed by atoms with Crippen molar-refractivity contribution in [2.75, 3.05) is 13.1 Å². The molecule has 0 radical (unpaired) electrons. The van der Waals surface area contributed by atoms with Crippen molar-refractivity contribution in [2.24, 2.45) is 0 Å². The standard InChI is InChI=1S/C9H12ClN3O/c10-9-2-1-7(11-12-9)5-13-4-3-8(14)6-13/h1-2,8,14H,3-6H2/t8-/m1/s1. The average molecular weight is 214 g/mol. The van der Waals surface area contributed by atoms with E-state index in [2.05, 4.69) is 15.1 Å². The minimum absolute atomic E-state index is 0.185. The number of aliphatic hydroxyl groups is 1. The molecule has 1 aromatic heterocycles. The van der Waals surface area contributed by atoms with Gasteiger partial charge < -0.3 is 5.11 Å². The smallest absolute Gasteiger partial charge is 0.151 e. The molecule has 1 N–H and O–H groups in total. The minimum Gasteiger partial charge on any atom is -0.392 e. The van der Waals surface area contributed by atoms with E-state index >= 15 is 0 Å². The fourth-order valence-corrected chi connectivity index (χ4v) is 1.71. The lowest BCUT2D eigenvalue weighted by atomic mass is 10.3. The molecule has 0 aliphatic carbocycles. The molecule has 14 heavy (non-hydrogen) atoms. The first-order valence-electron chi connectivity index (χ1n) is 4.62. The Labute approximate surface area is 87.5 Å². The lowest BCUT2D eigenvalue weighted by Crippen LogP contribution is -2.22. The second-order valence-corrected chi connectivity index (χ2v) is 3.91. The molecular formula is C9H12ClN3O. The van der Waals surface area contributed by atoms with Crippen LogP contribution in [0.3, 0.4) is 0 Å². The van der Waals surface area contributed by atoms with Crippen LogP contribution in [0.15, 0.2) is 12.1 Å². The van der Waals surface area contributed by atoms with Crippen molar-refractivity contribution in [1.29, 1.82) is 0 Å². The molecule has 1 aliphatic rings. The van der Waals surface area contributed by atoms with E-state index in [0.717, 1.165) is 31.7 Å². The van der Waals surface area contributed by atoms with E-state index in [1.807, 2.05) is 6.07 Å². The number of nitrogens with zero attached hydrogens (tertiary/aromatic N) is 3. The third-order valence-corrected chi connectivity index (χ3v) is 2.52. The monoisotopic (exact) mass is 213 g/mol. The van der Waals surface area contributed by atoms with Gasteiger partial charge in [0.15, 0.2) is 5.15 Å². The molecule has 1 atom stereocenters. The summed E-state index contributed by atoms with van der Waals surface area (Å²) in [4.78, 5) is 2.16. The van der Waals surface area contributed by atoms with Crippen LogP contribution in [0.5, 0.6) is 0 Å². The molecule has 0 unspecified atom stereocenters. The van der Waals surface area contributed by atoms with Gasteiger partial charge in [0, 0.05) is 19.6 Å². The summed E-state index contributed by atoms with van der Waals surface area (Å²) in [6.45, 7) is 2.39. The summed E-state index contributed by atoms with van der Waals surface area (Å²) in [6, 6.07) is 3.59. The topological polar surface area (TPSA) is 49.2 Å². The highest BCUT2D eigenvalue weighted by Gasteiger charge is 2.20. The van der Waals surface area contributed by atoms with Crippen molar-refractivity contribution in [3.8, 4) is 0 Å². The number of halogens is 1. The van der Waals surface area contributed by atoms with Gasteiger partial charge in [0.2, 0.25) is 0 Å². The Hall–Kier alpha value is -0.710. The normalized spacial score (nSPS) is 22.9. The molecule has 1 fully saturated rings. The van der Waals surface area contributed by atoms with E-state index in [1.54, 1.807) is 6.07 Å². The molecular weight excluding hydrogens is 202 g/mol. The molecule has 0 aromatic carbocycles. The molecule has 0 spiro atoms. The number of hydrogen-bond acceptors (Lipinski definition) is 4. The van der Waals surface area contributed by atoms with E-state index in [4.69, 9.17) is 11.6 Å². The number of aliphatic hydroxyl groups excluding tert-OH is 1. The highest BCUT2D eigenvalue weighted by atomic mass is 35.5. The van der Waals surface area contributed by atoms with Gasteiger partial charge in [-0.15, -0.1) is 5.10 Å². The van der Waals surface area contributed by atoms with Gasteiger partial charge in [-0.2, -0.15) is 5.10 Å². The van der Waals surface area contributed by atoms with Crippen LogP contribution >= 0.6 is 11.6 Å². The van der Waals surface area contributed by atoms with Crippen molar-refractivity contribution in [1.82, 2.24) is 15.1 Å². The van der Waals surface area contributed by atoms with Gasteiger partial charge in [0.1, 0.15) is 0 Å². The first-order chi connectivity index (χ1) is 6.74. The predicted molar refractivity (Wildman–Crippen MR) is 52.9 cm³/mol. The van der Waals surface area contributed by atoms with Gasteiger partial charge in [0.25, 0.3) is 0 Å². The van der Waals surface area contributed by atoms with Crippen LogP contribution in [-0.2, 0) is 6.54 Å². The van der Waals surface area contributed by atoms with E-state index < -0.39 is 0 Å². The summed E-state index contributed by atoms with van der Waals surface area (Å²) in [5, 5.41) is 17.5. The molecule has 2 heterocycles. The molecule has 2 rings (SSSR count). The highest BCUT2D eigenvalue weighted by Crippen LogP contribution is 2.12. The summed E-state index contributed by atoms with van der Waals surface area (Å²) >= 11 is 5.62. The lowest BCUT2D eigenvalue weighted by Gasteiger charge is -2.13. The predicted octanol–water partition coefficient (Wildman–Crippen LogP) is 0.697. The minimum atomic E-state index is -0.185. The summed E-state index contributed by atoms with van der Waals surface area (Å²) < 4.78 is 0. The van der Waals surface area contributed by atoms with E-state index in [0.29, 0.717) is 5.15 Å². The summed E-state index contributed by atoms with van der Waals surface area (Å²) in [5.41, 5.74) is 0.892. The number of aromatic nitrogens is 2.